The lowest BCUT2D eigenvalue weighted by Crippen LogP contribution is -2.26. The van der Waals surface area contributed by atoms with Crippen LogP contribution in [0.3, 0.4) is 0 Å². The number of rotatable bonds is 2. The largest absolute Gasteiger partial charge is 0.326 e. The van der Waals surface area contributed by atoms with Crippen molar-refractivity contribution in [3.63, 3.8) is 0 Å². The van der Waals surface area contributed by atoms with E-state index < -0.39 is 0 Å². The van der Waals surface area contributed by atoms with Gasteiger partial charge in [0, 0.05) is 50.2 Å². The zero-order chi connectivity index (χ0) is 13.1. The minimum atomic E-state index is 0.00123. The molecule has 1 aliphatic rings. The molecule has 0 spiro atoms. The van der Waals surface area contributed by atoms with Crippen LogP contribution in [0.2, 0.25) is 0 Å². The molecule has 1 aliphatic heterocycles. The number of fused-ring (bicyclic) bond motifs is 1. The highest BCUT2D eigenvalue weighted by molar-refractivity contribution is 5.22. The summed E-state index contributed by atoms with van der Waals surface area (Å²) in [7, 11) is 0. The van der Waals surface area contributed by atoms with Gasteiger partial charge in [-0.3, -0.25) is 14.7 Å². The summed E-state index contributed by atoms with van der Waals surface area (Å²) in [5.74, 6) is 0. The van der Waals surface area contributed by atoms with Gasteiger partial charge in [0.15, 0.2) is 0 Å². The molecule has 0 amide bonds. The average molecular weight is 255 g/mol. The fraction of sp³-hybridized carbons (Fsp3) is 0.333. The maximum atomic E-state index is 11.4. The first-order chi connectivity index (χ1) is 9.31. The third-order valence-corrected chi connectivity index (χ3v) is 3.63. The van der Waals surface area contributed by atoms with Gasteiger partial charge in [0.05, 0.1) is 0 Å². The molecule has 4 nitrogen and oxygen atoms in total. The summed E-state index contributed by atoms with van der Waals surface area (Å²) >= 11 is 0. The molecule has 2 aromatic rings. The summed E-state index contributed by atoms with van der Waals surface area (Å²) in [6, 6.07) is 7.70. The minimum absolute atomic E-state index is 0.00123. The van der Waals surface area contributed by atoms with Crippen molar-refractivity contribution >= 4 is 0 Å². The molecule has 3 heterocycles. The van der Waals surface area contributed by atoms with E-state index in [0.29, 0.717) is 0 Å². The van der Waals surface area contributed by atoms with E-state index in [1.807, 2.05) is 18.5 Å². The third-order valence-electron chi connectivity index (χ3n) is 3.63. The molecule has 3 rings (SSSR count). The Bertz CT molecular complexity index is 606. The highest BCUT2D eigenvalue weighted by Crippen LogP contribution is 2.14. The molecule has 98 valence electrons. The monoisotopic (exact) mass is 255 g/mol. The van der Waals surface area contributed by atoms with Crippen molar-refractivity contribution in [3.05, 3.63) is 63.8 Å². The lowest BCUT2D eigenvalue weighted by molar-refractivity contribution is 0.279. The highest BCUT2D eigenvalue weighted by atomic mass is 16.1. The number of pyridine rings is 2. The molecule has 0 radical (unpaired) electrons. The summed E-state index contributed by atoms with van der Waals surface area (Å²) in [5, 5.41) is 0. The second-order valence-corrected chi connectivity index (χ2v) is 4.96. The van der Waals surface area contributed by atoms with Crippen LogP contribution in [-0.4, -0.2) is 28.0 Å². The van der Waals surface area contributed by atoms with E-state index in [1.165, 1.54) is 11.1 Å². The van der Waals surface area contributed by atoms with Crippen molar-refractivity contribution in [2.24, 2.45) is 0 Å². The van der Waals surface area contributed by atoms with E-state index >= 15 is 0 Å². The summed E-state index contributed by atoms with van der Waals surface area (Å²) < 4.78 is 0. The zero-order valence-corrected chi connectivity index (χ0v) is 10.8. The van der Waals surface area contributed by atoms with Crippen molar-refractivity contribution in [3.8, 4) is 0 Å². The van der Waals surface area contributed by atoms with Crippen LogP contribution >= 0.6 is 0 Å². The van der Waals surface area contributed by atoms with Gasteiger partial charge < -0.3 is 4.98 Å². The first kappa shape index (κ1) is 12.1. The Morgan fingerprint density at radius 3 is 2.74 bits per heavy atom. The predicted molar refractivity (Wildman–Crippen MR) is 74.0 cm³/mol. The maximum absolute atomic E-state index is 11.4. The molecular weight excluding hydrogens is 238 g/mol. The summed E-state index contributed by atoms with van der Waals surface area (Å²) in [6.45, 7) is 2.96. The third kappa shape index (κ3) is 2.90. The molecule has 0 bridgehead atoms. The van der Waals surface area contributed by atoms with Crippen LogP contribution in [0.5, 0.6) is 0 Å². The number of aromatic amines is 1. The van der Waals surface area contributed by atoms with E-state index in [2.05, 4.69) is 27.0 Å². The molecule has 2 aromatic heterocycles. The van der Waals surface area contributed by atoms with Gasteiger partial charge in [-0.1, -0.05) is 6.07 Å². The first-order valence-electron chi connectivity index (χ1n) is 6.63. The molecule has 4 heteroatoms. The Labute approximate surface area is 112 Å². The SMILES string of the molecule is O=c1ccc2c([nH]1)CCN(Cc1ccncc1)CC2. The maximum Gasteiger partial charge on any atom is 0.248 e. The molecule has 0 fully saturated rings. The predicted octanol–water partition coefficient (Wildman–Crippen LogP) is 1.37. The van der Waals surface area contributed by atoms with Gasteiger partial charge >= 0.3 is 0 Å². The van der Waals surface area contributed by atoms with Gasteiger partial charge in [0.1, 0.15) is 0 Å². The summed E-state index contributed by atoms with van der Waals surface area (Å²) in [5.41, 5.74) is 3.66. The van der Waals surface area contributed by atoms with Gasteiger partial charge in [0.2, 0.25) is 5.56 Å². The van der Waals surface area contributed by atoms with Gasteiger partial charge in [-0.2, -0.15) is 0 Å². The van der Waals surface area contributed by atoms with Gasteiger partial charge in [-0.25, -0.2) is 0 Å². The van der Waals surface area contributed by atoms with Crippen LogP contribution < -0.4 is 5.56 Å². The Balaban J connectivity index is 1.71. The minimum Gasteiger partial charge on any atom is -0.326 e. The molecule has 0 unspecified atom stereocenters. The van der Waals surface area contributed by atoms with E-state index in [-0.39, 0.29) is 5.56 Å². The van der Waals surface area contributed by atoms with Crippen LogP contribution in [0.25, 0.3) is 0 Å². The number of nitrogens with one attached hydrogen (secondary N) is 1. The van der Waals surface area contributed by atoms with E-state index in [1.54, 1.807) is 6.07 Å². The number of hydrogen-bond acceptors (Lipinski definition) is 3. The Kier molecular flexibility index (Phi) is 3.42. The van der Waals surface area contributed by atoms with E-state index in [0.717, 1.165) is 38.2 Å². The second-order valence-electron chi connectivity index (χ2n) is 4.96. The first-order valence-corrected chi connectivity index (χ1v) is 6.63. The van der Waals surface area contributed by atoms with Crippen molar-refractivity contribution in [2.75, 3.05) is 13.1 Å². The summed E-state index contributed by atoms with van der Waals surface area (Å²) in [6.07, 6.45) is 5.58. The second kappa shape index (κ2) is 5.36. The topological polar surface area (TPSA) is 49.0 Å². The Morgan fingerprint density at radius 1 is 1.11 bits per heavy atom. The van der Waals surface area contributed by atoms with Gasteiger partial charge in [-0.05, 0) is 29.7 Å². The molecule has 0 saturated heterocycles. The number of hydrogen-bond donors (Lipinski definition) is 1. The molecule has 1 N–H and O–H groups in total. The summed E-state index contributed by atoms with van der Waals surface area (Å²) in [4.78, 5) is 20.8. The Hall–Kier alpha value is -1.94. The molecule has 0 atom stereocenters. The number of nitrogens with zero attached hydrogens (tertiary/aromatic N) is 2. The molecular formula is C15H17N3O. The molecule has 0 aliphatic carbocycles. The van der Waals surface area contributed by atoms with Crippen LogP contribution in [0.15, 0.2) is 41.5 Å². The fourth-order valence-electron chi connectivity index (χ4n) is 2.57. The van der Waals surface area contributed by atoms with Crippen molar-refractivity contribution in [1.82, 2.24) is 14.9 Å². The standard InChI is InChI=1S/C15H17N3O/c19-15-2-1-13-5-9-18(10-6-14(13)17-15)11-12-3-7-16-8-4-12/h1-4,7-8H,5-6,9-11H2,(H,17,19). The molecule has 19 heavy (non-hydrogen) atoms. The van der Waals surface area contributed by atoms with E-state index in [9.17, 15) is 4.79 Å². The van der Waals surface area contributed by atoms with Crippen LogP contribution in [0.4, 0.5) is 0 Å². The normalized spacial score (nSPS) is 15.8. The van der Waals surface area contributed by atoms with Gasteiger partial charge in [-0.15, -0.1) is 0 Å². The van der Waals surface area contributed by atoms with Crippen molar-refractivity contribution in [2.45, 2.75) is 19.4 Å². The van der Waals surface area contributed by atoms with Crippen LogP contribution in [0, 0.1) is 0 Å². The molecule has 0 aromatic carbocycles. The van der Waals surface area contributed by atoms with E-state index in [4.69, 9.17) is 0 Å². The Morgan fingerprint density at radius 2 is 1.89 bits per heavy atom. The van der Waals surface area contributed by atoms with Crippen molar-refractivity contribution in [1.29, 1.82) is 0 Å². The highest BCUT2D eigenvalue weighted by Gasteiger charge is 2.14. The zero-order valence-electron chi connectivity index (χ0n) is 10.8. The van der Waals surface area contributed by atoms with Crippen LogP contribution in [-0.2, 0) is 19.4 Å². The van der Waals surface area contributed by atoms with Crippen LogP contribution in [0.1, 0.15) is 16.8 Å². The number of H-pyrrole nitrogens is 1. The number of aromatic nitrogens is 2. The molecule has 0 saturated carbocycles. The lowest BCUT2D eigenvalue weighted by atomic mass is 10.1. The van der Waals surface area contributed by atoms with Gasteiger partial charge in [0.25, 0.3) is 0 Å². The average Bonchev–Trinajstić information content (AvgIpc) is 2.63. The van der Waals surface area contributed by atoms with Crippen molar-refractivity contribution < 1.29 is 0 Å². The lowest BCUT2D eigenvalue weighted by Gasteiger charge is -2.19. The fourth-order valence-corrected chi connectivity index (χ4v) is 2.57. The quantitative estimate of drug-likeness (QED) is 0.881. The smallest absolute Gasteiger partial charge is 0.248 e.